The van der Waals surface area contributed by atoms with Crippen LogP contribution in [0, 0.1) is 6.92 Å². The summed E-state index contributed by atoms with van der Waals surface area (Å²) in [5, 5.41) is 4.65. The van der Waals surface area contributed by atoms with Crippen molar-refractivity contribution >= 4 is 22.6 Å². The molecule has 1 N–H and O–H groups in total. The van der Waals surface area contributed by atoms with Gasteiger partial charge < -0.3 is 10.1 Å². The third-order valence-electron chi connectivity index (χ3n) is 4.21. The molecule has 1 fully saturated rings. The fourth-order valence-electron chi connectivity index (χ4n) is 2.86. The van der Waals surface area contributed by atoms with Crippen molar-refractivity contribution < 1.29 is 4.74 Å². The summed E-state index contributed by atoms with van der Waals surface area (Å²) in [6, 6.07) is 6.48. The average molecular weight is 290 g/mol. The number of hydrogen-bond acceptors (Lipinski definition) is 4. The van der Waals surface area contributed by atoms with Gasteiger partial charge in [0.15, 0.2) is 5.17 Å². The molecule has 3 nitrogen and oxygen atoms in total. The Morgan fingerprint density at radius 1 is 1.35 bits per heavy atom. The summed E-state index contributed by atoms with van der Waals surface area (Å²) in [4.78, 5) is 4.98. The van der Waals surface area contributed by atoms with E-state index in [4.69, 9.17) is 9.73 Å². The van der Waals surface area contributed by atoms with Gasteiger partial charge in [-0.05, 0) is 37.3 Å². The molecule has 108 valence electrons. The molecule has 4 heteroatoms. The first kappa shape index (κ1) is 14.0. The number of hydrogen-bond donors (Lipinski definition) is 1. The first-order chi connectivity index (χ1) is 9.72. The summed E-state index contributed by atoms with van der Waals surface area (Å²) in [5.74, 6) is 1.09. The van der Waals surface area contributed by atoms with Crippen LogP contribution < -0.4 is 5.32 Å². The van der Waals surface area contributed by atoms with Crippen molar-refractivity contribution in [3.63, 3.8) is 0 Å². The Hall–Kier alpha value is -1.000. The minimum Gasteiger partial charge on any atom is -0.381 e. The monoisotopic (exact) mass is 290 g/mol. The summed E-state index contributed by atoms with van der Waals surface area (Å²) in [6.45, 7) is 6.05. The average Bonchev–Trinajstić information content (AvgIpc) is 2.84. The minimum absolute atomic E-state index is 0.125. The van der Waals surface area contributed by atoms with E-state index < -0.39 is 0 Å². The number of thioether (sulfide) groups is 1. The molecule has 3 rings (SSSR count). The number of aliphatic imine (C=N–C) groups is 1. The molecule has 0 atom stereocenters. The Morgan fingerprint density at radius 2 is 2.15 bits per heavy atom. The van der Waals surface area contributed by atoms with Crippen LogP contribution in [0.25, 0.3) is 0 Å². The Balaban J connectivity index is 1.80. The molecule has 2 aliphatic rings. The zero-order valence-electron chi connectivity index (χ0n) is 12.2. The predicted octanol–water partition coefficient (Wildman–Crippen LogP) is 3.62. The van der Waals surface area contributed by atoms with Crippen molar-refractivity contribution in [2.75, 3.05) is 24.3 Å². The largest absolute Gasteiger partial charge is 0.381 e. The molecule has 1 aromatic carbocycles. The van der Waals surface area contributed by atoms with E-state index in [0.717, 1.165) is 43.4 Å². The molecule has 0 aromatic heterocycles. The van der Waals surface area contributed by atoms with Crippen LogP contribution in [0.5, 0.6) is 0 Å². The summed E-state index contributed by atoms with van der Waals surface area (Å²) >= 11 is 1.85. The fourth-order valence-corrected chi connectivity index (χ4v) is 4.05. The van der Waals surface area contributed by atoms with Crippen molar-refractivity contribution in [2.24, 2.45) is 4.99 Å². The summed E-state index contributed by atoms with van der Waals surface area (Å²) in [5.41, 5.74) is 4.02. The van der Waals surface area contributed by atoms with Gasteiger partial charge in [-0.3, -0.25) is 4.99 Å². The number of rotatable bonds is 2. The second kappa shape index (κ2) is 5.78. The lowest BCUT2D eigenvalue weighted by Gasteiger charge is -2.29. The molecule has 0 radical (unpaired) electrons. The van der Waals surface area contributed by atoms with Crippen LogP contribution >= 0.6 is 11.8 Å². The van der Waals surface area contributed by atoms with Crippen molar-refractivity contribution in [3.05, 3.63) is 29.3 Å². The maximum atomic E-state index is 5.47. The molecule has 1 aromatic rings. The van der Waals surface area contributed by atoms with Gasteiger partial charge in [0, 0.05) is 24.7 Å². The van der Waals surface area contributed by atoms with Gasteiger partial charge in [0.05, 0.1) is 5.54 Å². The quantitative estimate of drug-likeness (QED) is 0.903. The molecule has 2 heterocycles. The second-order valence-electron chi connectivity index (χ2n) is 5.63. The van der Waals surface area contributed by atoms with Crippen molar-refractivity contribution in [1.82, 2.24) is 0 Å². The molecule has 0 aliphatic carbocycles. The molecule has 1 spiro atoms. The number of benzene rings is 1. The topological polar surface area (TPSA) is 33.6 Å². The number of para-hydroxylation sites is 1. The lowest BCUT2D eigenvalue weighted by Crippen LogP contribution is -2.34. The zero-order chi connectivity index (χ0) is 14.0. The number of amidine groups is 1. The van der Waals surface area contributed by atoms with Crippen molar-refractivity contribution in [3.8, 4) is 0 Å². The van der Waals surface area contributed by atoms with Crippen LogP contribution in [0.15, 0.2) is 23.2 Å². The van der Waals surface area contributed by atoms with Crippen LogP contribution in [-0.2, 0) is 11.2 Å². The van der Waals surface area contributed by atoms with Gasteiger partial charge >= 0.3 is 0 Å². The summed E-state index contributed by atoms with van der Waals surface area (Å²) in [7, 11) is 0. The standard InChI is InChI=1S/C16H22N2OS/c1-3-13-6-4-5-12(2)14(13)17-15-18-16(11-20-15)7-9-19-10-8-16/h4-6H,3,7-11H2,1-2H3,(H,17,18). The summed E-state index contributed by atoms with van der Waals surface area (Å²) < 4.78 is 5.47. The number of ether oxygens (including phenoxy) is 1. The Bertz CT molecular complexity index is 521. The molecule has 0 bridgehead atoms. The minimum atomic E-state index is 0.125. The van der Waals surface area contributed by atoms with Gasteiger partial charge in [0.25, 0.3) is 0 Å². The third-order valence-corrected chi connectivity index (χ3v) is 5.36. The predicted molar refractivity (Wildman–Crippen MR) is 86.9 cm³/mol. The maximum absolute atomic E-state index is 5.47. The normalized spacial score (nSPS) is 21.0. The van der Waals surface area contributed by atoms with Crippen molar-refractivity contribution in [2.45, 2.75) is 38.6 Å². The Labute approximate surface area is 125 Å². The van der Waals surface area contributed by atoms with E-state index in [1.165, 1.54) is 16.8 Å². The van der Waals surface area contributed by atoms with Crippen LogP contribution in [-0.4, -0.2) is 29.7 Å². The van der Waals surface area contributed by atoms with Gasteiger partial charge in [-0.25, -0.2) is 0 Å². The van der Waals surface area contributed by atoms with E-state index in [1.807, 2.05) is 11.8 Å². The van der Waals surface area contributed by atoms with E-state index in [2.05, 4.69) is 37.4 Å². The van der Waals surface area contributed by atoms with E-state index in [-0.39, 0.29) is 5.54 Å². The SMILES string of the molecule is CCc1cccc(C)c1NC1=NC2(CCOCC2)CS1. The highest BCUT2D eigenvalue weighted by atomic mass is 32.2. The highest BCUT2D eigenvalue weighted by molar-refractivity contribution is 8.14. The molecule has 0 unspecified atom stereocenters. The second-order valence-corrected chi connectivity index (χ2v) is 6.59. The van der Waals surface area contributed by atoms with Gasteiger partial charge in [-0.2, -0.15) is 0 Å². The number of nitrogens with one attached hydrogen (secondary N) is 1. The fraction of sp³-hybridized carbons (Fsp3) is 0.562. The van der Waals surface area contributed by atoms with Crippen LogP contribution in [0.2, 0.25) is 0 Å². The smallest absolute Gasteiger partial charge is 0.161 e. The van der Waals surface area contributed by atoms with Gasteiger partial charge in [0.1, 0.15) is 0 Å². The van der Waals surface area contributed by atoms with Crippen LogP contribution in [0.4, 0.5) is 5.69 Å². The number of anilines is 1. The number of nitrogens with zero attached hydrogens (tertiary/aromatic N) is 1. The van der Waals surface area contributed by atoms with Gasteiger partial charge in [-0.1, -0.05) is 36.9 Å². The number of aryl methyl sites for hydroxylation is 2. The highest BCUT2D eigenvalue weighted by Gasteiger charge is 2.37. The van der Waals surface area contributed by atoms with E-state index >= 15 is 0 Å². The third kappa shape index (κ3) is 2.72. The lowest BCUT2D eigenvalue weighted by atomic mass is 9.93. The lowest BCUT2D eigenvalue weighted by molar-refractivity contribution is 0.0624. The van der Waals surface area contributed by atoms with E-state index in [1.54, 1.807) is 0 Å². The van der Waals surface area contributed by atoms with Crippen molar-refractivity contribution in [1.29, 1.82) is 0 Å². The van der Waals surface area contributed by atoms with E-state index in [0.29, 0.717) is 0 Å². The summed E-state index contributed by atoms with van der Waals surface area (Å²) in [6.07, 6.45) is 3.15. The maximum Gasteiger partial charge on any atom is 0.161 e. The highest BCUT2D eigenvalue weighted by Crippen LogP contribution is 2.36. The molecular weight excluding hydrogens is 268 g/mol. The van der Waals surface area contributed by atoms with Gasteiger partial charge in [0.2, 0.25) is 0 Å². The van der Waals surface area contributed by atoms with Crippen LogP contribution in [0.3, 0.4) is 0 Å². The van der Waals surface area contributed by atoms with E-state index in [9.17, 15) is 0 Å². The Morgan fingerprint density at radius 3 is 2.90 bits per heavy atom. The first-order valence-electron chi connectivity index (χ1n) is 7.38. The molecule has 1 saturated heterocycles. The molecular formula is C16H22N2OS. The molecule has 0 saturated carbocycles. The molecule has 2 aliphatic heterocycles. The van der Waals surface area contributed by atoms with Crippen LogP contribution in [0.1, 0.15) is 30.9 Å². The first-order valence-corrected chi connectivity index (χ1v) is 8.37. The Kier molecular flexibility index (Phi) is 4.03. The van der Waals surface area contributed by atoms with Gasteiger partial charge in [-0.15, -0.1) is 0 Å². The molecule has 0 amide bonds. The molecule has 20 heavy (non-hydrogen) atoms. The zero-order valence-corrected chi connectivity index (χ0v) is 13.1.